The van der Waals surface area contributed by atoms with E-state index in [-0.39, 0.29) is 17.8 Å². The Morgan fingerprint density at radius 2 is 2.31 bits per heavy atom. The van der Waals surface area contributed by atoms with E-state index in [1.165, 1.54) is 6.20 Å². The molecule has 0 spiro atoms. The summed E-state index contributed by atoms with van der Waals surface area (Å²) in [6.45, 7) is 0.169. The molecule has 86 valence electrons. The van der Waals surface area contributed by atoms with Gasteiger partial charge in [-0.3, -0.25) is 0 Å². The molecule has 1 heterocycles. The number of halogens is 1. The van der Waals surface area contributed by atoms with Crippen LogP contribution in [0.4, 0.5) is 4.39 Å². The highest BCUT2D eigenvalue weighted by atomic mass is 19.1. The fourth-order valence-electron chi connectivity index (χ4n) is 1.24. The van der Waals surface area contributed by atoms with E-state index < -0.39 is 18.0 Å². The van der Waals surface area contributed by atoms with Gasteiger partial charge in [0.1, 0.15) is 12.2 Å². The molecule has 0 bridgehead atoms. The first-order valence-corrected chi connectivity index (χ1v) is 4.66. The molecular weight excluding hydrogens is 213 g/mol. The third-order valence-electron chi connectivity index (χ3n) is 2.09. The van der Waals surface area contributed by atoms with Gasteiger partial charge in [-0.1, -0.05) is 0 Å². The molecule has 5 nitrogen and oxygen atoms in total. The molecule has 0 aliphatic heterocycles. The maximum absolute atomic E-state index is 13.2. The molecule has 2 unspecified atom stereocenters. The number of aliphatic hydroxyl groups is 2. The first-order valence-electron chi connectivity index (χ1n) is 4.66. The monoisotopic (exact) mass is 225 g/mol. The number of aliphatic hydroxyl groups excluding tert-OH is 2. The molecule has 0 aliphatic carbocycles. The van der Waals surface area contributed by atoms with Crippen LogP contribution in [0.3, 0.4) is 0 Å². The SMILES string of the molecule is CNCC(O)C(O)c1cnc(C#N)c(F)c1. The second kappa shape index (κ2) is 5.51. The van der Waals surface area contributed by atoms with Crippen molar-refractivity contribution in [3.05, 3.63) is 29.3 Å². The van der Waals surface area contributed by atoms with E-state index in [0.717, 1.165) is 6.07 Å². The second-order valence-electron chi connectivity index (χ2n) is 3.28. The fourth-order valence-corrected chi connectivity index (χ4v) is 1.24. The van der Waals surface area contributed by atoms with Crippen LogP contribution in [0.15, 0.2) is 12.3 Å². The Bertz CT molecular complexity index is 406. The highest BCUT2D eigenvalue weighted by molar-refractivity contribution is 5.26. The van der Waals surface area contributed by atoms with Crippen molar-refractivity contribution in [1.29, 1.82) is 5.26 Å². The topological polar surface area (TPSA) is 89.2 Å². The second-order valence-corrected chi connectivity index (χ2v) is 3.28. The molecule has 3 N–H and O–H groups in total. The Kier molecular flexibility index (Phi) is 4.31. The van der Waals surface area contributed by atoms with Crippen molar-refractivity contribution >= 4 is 0 Å². The van der Waals surface area contributed by atoms with Crippen molar-refractivity contribution in [3.8, 4) is 6.07 Å². The number of hydrogen-bond acceptors (Lipinski definition) is 5. The number of nitriles is 1. The van der Waals surface area contributed by atoms with Gasteiger partial charge in [-0.05, 0) is 13.1 Å². The van der Waals surface area contributed by atoms with E-state index in [2.05, 4.69) is 10.3 Å². The summed E-state index contributed by atoms with van der Waals surface area (Å²) < 4.78 is 13.2. The molecule has 0 saturated heterocycles. The van der Waals surface area contributed by atoms with E-state index >= 15 is 0 Å². The number of aromatic nitrogens is 1. The van der Waals surface area contributed by atoms with Crippen LogP contribution < -0.4 is 5.32 Å². The Morgan fingerprint density at radius 3 is 2.81 bits per heavy atom. The molecule has 2 atom stereocenters. The van der Waals surface area contributed by atoms with Gasteiger partial charge in [0.05, 0.1) is 6.10 Å². The quantitative estimate of drug-likeness (QED) is 0.655. The summed E-state index contributed by atoms with van der Waals surface area (Å²) in [5, 5.41) is 30.2. The number of rotatable bonds is 4. The minimum absolute atomic E-state index is 0.138. The summed E-state index contributed by atoms with van der Waals surface area (Å²) in [7, 11) is 1.62. The van der Waals surface area contributed by atoms with Gasteiger partial charge in [-0.15, -0.1) is 0 Å². The molecule has 0 radical (unpaired) electrons. The van der Waals surface area contributed by atoms with Crippen LogP contribution in [0.5, 0.6) is 0 Å². The van der Waals surface area contributed by atoms with E-state index in [4.69, 9.17) is 5.26 Å². The summed E-state index contributed by atoms with van der Waals surface area (Å²) >= 11 is 0. The van der Waals surface area contributed by atoms with Crippen LogP contribution in [0, 0.1) is 17.1 Å². The first kappa shape index (κ1) is 12.5. The zero-order chi connectivity index (χ0) is 12.1. The third-order valence-corrected chi connectivity index (χ3v) is 2.09. The molecular formula is C10H12FN3O2. The minimum Gasteiger partial charge on any atom is -0.389 e. The highest BCUT2D eigenvalue weighted by Crippen LogP contribution is 2.17. The molecule has 0 aromatic carbocycles. The molecule has 0 saturated carbocycles. The van der Waals surface area contributed by atoms with E-state index in [9.17, 15) is 14.6 Å². The molecule has 6 heteroatoms. The van der Waals surface area contributed by atoms with Gasteiger partial charge in [-0.25, -0.2) is 9.37 Å². The number of pyridine rings is 1. The number of nitrogens with one attached hydrogen (secondary N) is 1. The lowest BCUT2D eigenvalue weighted by Gasteiger charge is -2.17. The summed E-state index contributed by atoms with van der Waals surface area (Å²) in [6.07, 6.45) is -1.12. The van der Waals surface area contributed by atoms with Gasteiger partial charge in [0.25, 0.3) is 0 Å². The fraction of sp³-hybridized carbons (Fsp3) is 0.400. The van der Waals surface area contributed by atoms with E-state index in [1.54, 1.807) is 13.1 Å². The van der Waals surface area contributed by atoms with Gasteiger partial charge in [0.15, 0.2) is 11.5 Å². The molecule has 0 fully saturated rings. The predicted octanol–water partition coefficient (Wildman–Crippen LogP) is -0.294. The van der Waals surface area contributed by atoms with Crippen LogP contribution in [-0.2, 0) is 0 Å². The zero-order valence-electron chi connectivity index (χ0n) is 8.68. The summed E-state index contributed by atoms with van der Waals surface area (Å²) in [5.41, 5.74) is -0.196. The largest absolute Gasteiger partial charge is 0.389 e. The third kappa shape index (κ3) is 2.73. The smallest absolute Gasteiger partial charge is 0.176 e. The van der Waals surface area contributed by atoms with Crippen molar-refractivity contribution in [2.24, 2.45) is 0 Å². The van der Waals surface area contributed by atoms with Gasteiger partial charge >= 0.3 is 0 Å². The average molecular weight is 225 g/mol. The highest BCUT2D eigenvalue weighted by Gasteiger charge is 2.19. The van der Waals surface area contributed by atoms with Crippen LogP contribution in [0.1, 0.15) is 17.4 Å². The Labute approximate surface area is 92.2 Å². The van der Waals surface area contributed by atoms with Gasteiger partial charge in [-0.2, -0.15) is 5.26 Å². The minimum atomic E-state index is -1.23. The molecule has 1 aromatic heterocycles. The van der Waals surface area contributed by atoms with Crippen molar-refractivity contribution in [2.45, 2.75) is 12.2 Å². The summed E-state index contributed by atoms with van der Waals surface area (Å²) in [4.78, 5) is 3.53. The standard InChI is InChI=1S/C10H12FN3O2/c1-13-5-9(15)10(16)6-2-7(11)8(3-12)14-4-6/h2,4,9-10,13,15-16H,5H2,1H3. The Morgan fingerprint density at radius 1 is 1.62 bits per heavy atom. The van der Waals surface area contributed by atoms with Crippen LogP contribution >= 0.6 is 0 Å². The predicted molar refractivity (Wildman–Crippen MR) is 53.8 cm³/mol. The van der Waals surface area contributed by atoms with E-state index in [0.29, 0.717) is 0 Å². The maximum atomic E-state index is 13.2. The van der Waals surface area contributed by atoms with Crippen LogP contribution in [0.2, 0.25) is 0 Å². The normalized spacial score (nSPS) is 14.2. The maximum Gasteiger partial charge on any atom is 0.176 e. The van der Waals surface area contributed by atoms with Crippen molar-refractivity contribution in [3.63, 3.8) is 0 Å². The van der Waals surface area contributed by atoms with Crippen LogP contribution in [-0.4, -0.2) is 34.9 Å². The Balaban J connectivity index is 2.89. The van der Waals surface area contributed by atoms with Gasteiger partial charge in [0.2, 0.25) is 0 Å². The molecule has 1 rings (SSSR count). The lowest BCUT2D eigenvalue weighted by molar-refractivity contribution is 0.0198. The molecule has 0 aliphatic rings. The lowest BCUT2D eigenvalue weighted by Crippen LogP contribution is -2.29. The lowest BCUT2D eigenvalue weighted by atomic mass is 10.1. The summed E-state index contributed by atoms with van der Waals surface area (Å²) in [6, 6.07) is 2.57. The van der Waals surface area contributed by atoms with Crippen molar-refractivity contribution in [2.75, 3.05) is 13.6 Å². The van der Waals surface area contributed by atoms with Crippen molar-refractivity contribution in [1.82, 2.24) is 10.3 Å². The number of hydrogen-bond donors (Lipinski definition) is 3. The average Bonchev–Trinajstić information content (AvgIpc) is 2.28. The number of likely N-dealkylation sites (N-methyl/N-ethyl adjacent to an activating group) is 1. The molecule has 0 amide bonds. The first-order chi connectivity index (χ1) is 7.60. The van der Waals surface area contributed by atoms with Gasteiger partial charge in [0, 0.05) is 18.3 Å². The zero-order valence-corrected chi connectivity index (χ0v) is 8.68. The van der Waals surface area contributed by atoms with E-state index in [1.807, 2.05) is 0 Å². The Hall–Kier alpha value is -1.55. The molecule has 1 aromatic rings. The van der Waals surface area contributed by atoms with Crippen molar-refractivity contribution < 1.29 is 14.6 Å². The molecule has 16 heavy (non-hydrogen) atoms. The van der Waals surface area contributed by atoms with Gasteiger partial charge < -0.3 is 15.5 Å². The van der Waals surface area contributed by atoms with Crippen LogP contribution in [0.25, 0.3) is 0 Å². The number of nitrogens with zero attached hydrogens (tertiary/aromatic N) is 2. The summed E-state index contributed by atoms with van der Waals surface area (Å²) in [5.74, 6) is -0.810.